The molecule has 2 aromatic carbocycles. The Labute approximate surface area is 213 Å². The molecular formula is C26H36N4O5S. The number of imidazole rings is 1. The second-order valence-electron chi connectivity index (χ2n) is 9.82. The van der Waals surface area contributed by atoms with Crippen LogP contribution in [0, 0.1) is 0 Å². The Hall–Kier alpha value is -2.79. The molecule has 1 amide bonds. The van der Waals surface area contributed by atoms with Crippen LogP contribution in [0.1, 0.15) is 40.5 Å². The maximum absolute atomic E-state index is 12.8. The van der Waals surface area contributed by atoms with Crippen molar-refractivity contribution < 1.29 is 22.7 Å². The molecule has 196 valence electrons. The van der Waals surface area contributed by atoms with E-state index in [-0.39, 0.29) is 23.6 Å². The van der Waals surface area contributed by atoms with E-state index in [9.17, 15) is 13.2 Å². The van der Waals surface area contributed by atoms with Gasteiger partial charge in [-0.05, 0) is 58.7 Å². The molecule has 0 saturated carbocycles. The molecule has 0 aliphatic rings. The van der Waals surface area contributed by atoms with Gasteiger partial charge in [0.15, 0.2) is 0 Å². The summed E-state index contributed by atoms with van der Waals surface area (Å²) >= 11 is 0. The van der Waals surface area contributed by atoms with Crippen LogP contribution in [0.2, 0.25) is 0 Å². The molecule has 9 nitrogen and oxygen atoms in total. The lowest BCUT2D eigenvalue weighted by Gasteiger charge is -2.29. The van der Waals surface area contributed by atoms with Crippen molar-refractivity contribution in [2.24, 2.45) is 0 Å². The van der Waals surface area contributed by atoms with Gasteiger partial charge in [-0.2, -0.15) is 0 Å². The van der Waals surface area contributed by atoms with Crippen LogP contribution >= 0.6 is 0 Å². The zero-order valence-electron chi connectivity index (χ0n) is 21.3. The quantitative estimate of drug-likeness (QED) is 0.209. The van der Waals surface area contributed by atoms with Gasteiger partial charge in [0.2, 0.25) is 16.4 Å². The van der Waals surface area contributed by atoms with Gasteiger partial charge in [0.1, 0.15) is 5.82 Å². The highest BCUT2D eigenvalue weighted by Crippen LogP contribution is 2.23. The van der Waals surface area contributed by atoms with Gasteiger partial charge in [0.25, 0.3) is 0 Å². The number of H-pyrrole nitrogens is 1. The van der Waals surface area contributed by atoms with Gasteiger partial charge in [-0.15, -0.1) is 0 Å². The van der Waals surface area contributed by atoms with Crippen molar-refractivity contribution >= 4 is 27.5 Å². The van der Waals surface area contributed by atoms with Crippen LogP contribution in [-0.2, 0) is 24.3 Å². The summed E-state index contributed by atoms with van der Waals surface area (Å²) in [5, 5.41) is 2.64. The number of amides is 1. The summed E-state index contributed by atoms with van der Waals surface area (Å²) in [6.07, 6.45) is 2.02. The van der Waals surface area contributed by atoms with Crippen molar-refractivity contribution in [1.82, 2.24) is 20.0 Å². The van der Waals surface area contributed by atoms with E-state index in [0.717, 1.165) is 5.56 Å². The van der Waals surface area contributed by atoms with Crippen molar-refractivity contribution in [3.63, 3.8) is 0 Å². The molecule has 0 fully saturated rings. The predicted molar refractivity (Wildman–Crippen MR) is 140 cm³/mol. The lowest BCUT2D eigenvalue weighted by atomic mass is 10.0. The lowest BCUT2D eigenvalue weighted by molar-refractivity contribution is -0.109. The summed E-state index contributed by atoms with van der Waals surface area (Å²) in [6.45, 7) is 9.26. The van der Waals surface area contributed by atoms with Gasteiger partial charge in [-0.25, -0.2) is 18.1 Å². The molecule has 0 aliphatic heterocycles. The minimum Gasteiger partial charge on any atom is -0.375 e. The van der Waals surface area contributed by atoms with E-state index in [1.165, 1.54) is 0 Å². The van der Waals surface area contributed by atoms with E-state index in [4.69, 9.17) is 9.47 Å². The summed E-state index contributed by atoms with van der Waals surface area (Å²) < 4.78 is 40.1. The molecule has 3 aromatic rings. The van der Waals surface area contributed by atoms with Crippen LogP contribution in [-0.4, -0.2) is 62.3 Å². The molecule has 0 atom stereocenters. The molecular weight excluding hydrogens is 480 g/mol. The standard InChI is InChI=1S/C26H36N4O5S/c1-25(2,12-14-27-19-31)34-16-13-26(3,4)35-17-15-28-36(32,33)21-10-11-22-23(18-21)30-24(29-22)20-8-6-5-7-9-20/h5-11,18-19,28H,12-17H2,1-4H3,(H,27,31)(H,29,30). The van der Waals surface area contributed by atoms with Gasteiger partial charge in [-0.3, -0.25) is 4.79 Å². The molecule has 0 saturated heterocycles. The zero-order chi connectivity index (χ0) is 26.2. The molecule has 10 heteroatoms. The smallest absolute Gasteiger partial charge is 0.240 e. The number of benzene rings is 2. The zero-order valence-corrected chi connectivity index (χ0v) is 22.2. The average Bonchev–Trinajstić information content (AvgIpc) is 3.26. The largest absolute Gasteiger partial charge is 0.375 e. The number of aromatic amines is 1. The molecule has 0 bridgehead atoms. The van der Waals surface area contributed by atoms with E-state index in [0.29, 0.717) is 49.3 Å². The van der Waals surface area contributed by atoms with Gasteiger partial charge < -0.3 is 19.8 Å². The third kappa shape index (κ3) is 8.12. The third-order valence-electron chi connectivity index (χ3n) is 5.85. The highest BCUT2D eigenvalue weighted by molar-refractivity contribution is 7.89. The first kappa shape index (κ1) is 27.8. The van der Waals surface area contributed by atoms with E-state index in [1.807, 2.05) is 58.0 Å². The van der Waals surface area contributed by atoms with Crippen molar-refractivity contribution in [2.45, 2.75) is 56.6 Å². The third-order valence-corrected chi connectivity index (χ3v) is 7.31. The Balaban J connectivity index is 1.48. The van der Waals surface area contributed by atoms with Crippen LogP contribution in [0.3, 0.4) is 0 Å². The topological polar surface area (TPSA) is 122 Å². The van der Waals surface area contributed by atoms with Crippen LogP contribution in [0.15, 0.2) is 53.4 Å². The highest BCUT2D eigenvalue weighted by atomic mass is 32.2. The average molecular weight is 517 g/mol. The number of rotatable bonds is 15. The Bertz CT molecular complexity index is 1240. The first-order valence-electron chi connectivity index (χ1n) is 12.0. The number of aromatic nitrogens is 2. The fourth-order valence-corrected chi connectivity index (χ4v) is 4.66. The fourth-order valence-electron chi connectivity index (χ4n) is 3.62. The minimum atomic E-state index is -3.71. The fraction of sp³-hybridized carbons (Fsp3) is 0.462. The number of hydrogen-bond donors (Lipinski definition) is 3. The molecule has 36 heavy (non-hydrogen) atoms. The first-order valence-corrected chi connectivity index (χ1v) is 13.5. The predicted octanol–water partition coefficient (Wildman–Crippen LogP) is 3.62. The second kappa shape index (κ2) is 12.0. The SMILES string of the molecule is CC(C)(CCNC=O)OCCC(C)(C)OCCNS(=O)(=O)c1ccc2nc(-c3ccccc3)[nH]c2c1. The summed E-state index contributed by atoms with van der Waals surface area (Å²) in [5.41, 5.74) is 1.44. The maximum Gasteiger partial charge on any atom is 0.240 e. The van der Waals surface area contributed by atoms with Crippen LogP contribution in [0.25, 0.3) is 22.4 Å². The number of carbonyl (C=O) groups is 1. The van der Waals surface area contributed by atoms with E-state index in [2.05, 4.69) is 20.0 Å². The Morgan fingerprint density at radius 1 is 0.944 bits per heavy atom. The summed E-state index contributed by atoms with van der Waals surface area (Å²) in [4.78, 5) is 18.3. The summed E-state index contributed by atoms with van der Waals surface area (Å²) in [7, 11) is -3.71. The van der Waals surface area contributed by atoms with Gasteiger partial charge >= 0.3 is 0 Å². The number of sulfonamides is 1. The number of carbonyl (C=O) groups excluding carboxylic acids is 1. The minimum absolute atomic E-state index is 0.145. The van der Waals surface area contributed by atoms with Crippen LogP contribution < -0.4 is 10.0 Å². The lowest BCUT2D eigenvalue weighted by Crippen LogP contribution is -2.35. The van der Waals surface area contributed by atoms with Gasteiger partial charge in [0.05, 0.1) is 40.3 Å². The second-order valence-corrected chi connectivity index (χ2v) is 11.6. The molecule has 0 unspecified atom stereocenters. The van der Waals surface area contributed by atoms with Gasteiger partial charge in [0, 0.05) is 18.7 Å². The molecule has 1 heterocycles. The Kier molecular flexibility index (Phi) is 9.24. The van der Waals surface area contributed by atoms with Crippen molar-refractivity contribution in [3.8, 4) is 11.4 Å². The van der Waals surface area contributed by atoms with E-state index < -0.39 is 15.6 Å². The van der Waals surface area contributed by atoms with Crippen molar-refractivity contribution in [1.29, 1.82) is 0 Å². The van der Waals surface area contributed by atoms with Crippen molar-refractivity contribution in [3.05, 3.63) is 48.5 Å². The monoisotopic (exact) mass is 516 g/mol. The molecule has 0 radical (unpaired) electrons. The summed E-state index contributed by atoms with van der Waals surface area (Å²) in [6, 6.07) is 14.5. The Morgan fingerprint density at radius 2 is 1.64 bits per heavy atom. The van der Waals surface area contributed by atoms with Crippen LogP contribution in [0.5, 0.6) is 0 Å². The van der Waals surface area contributed by atoms with Gasteiger partial charge in [-0.1, -0.05) is 30.3 Å². The number of fused-ring (bicyclic) bond motifs is 1. The molecule has 0 spiro atoms. The molecule has 0 aliphatic carbocycles. The molecule has 1 aromatic heterocycles. The number of ether oxygens (including phenoxy) is 2. The summed E-state index contributed by atoms with van der Waals surface area (Å²) in [5.74, 6) is 0.689. The normalized spacial score (nSPS) is 12.7. The van der Waals surface area contributed by atoms with Crippen LogP contribution in [0.4, 0.5) is 0 Å². The first-order chi connectivity index (χ1) is 17.0. The number of hydrogen-bond acceptors (Lipinski definition) is 6. The number of nitrogens with one attached hydrogen (secondary N) is 3. The number of nitrogens with zero attached hydrogens (tertiary/aromatic N) is 1. The van der Waals surface area contributed by atoms with E-state index in [1.54, 1.807) is 18.2 Å². The van der Waals surface area contributed by atoms with Crippen molar-refractivity contribution in [2.75, 3.05) is 26.3 Å². The Morgan fingerprint density at radius 3 is 2.36 bits per heavy atom. The van der Waals surface area contributed by atoms with E-state index >= 15 is 0 Å². The molecule has 3 rings (SSSR count). The molecule has 3 N–H and O–H groups in total. The maximum atomic E-state index is 12.8. The highest BCUT2D eigenvalue weighted by Gasteiger charge is 2.23.